The lowest BCUT2D eigenvalue weighted by Gasteiger charge is -2.04. The molecule has 0 bridgehead atoms. The summed E-state index contributed by atoms with van der Waals surface area (Å²) in [5.74, 6) is -1.52. The number of amides is 2. The van der Waals surface area contributed by atoms with Crippen molar-refractivity contribution in [2.75, 3.05) is 0 Å². The van der Waals surface area contributed by atoms with Crippen molar-refractivity contribution in [1.82, 2.24) is 10.7 Å². The topological polar surface area (TPSA) is 90.8 Å². The molecule has 23 heavy (non-hydrogen) atoms. The predicted molar refractivity (Wildman–Crippen MR) is 86.9 cm³/mol. The average Bonchev–Trinajstić information content (AvgIpc) is 2.54. The normalized spacial score (nSPS) is 10.5. The van der Waals surface area contributed by atoms with Crippen LogP contribution in [0, 0.1) is 6.92 Å². The number of benzene rings is 2. The third-order valence-electron chi connectivity index (χ3n) is 3.03. The zero-order chi connectivity index (χ0) is 16.7. The molecule has 0 unspecified atom stereocenters. The Labute approximate surface area is 133 Å². The number of aromatic hydroxyl groups is 1. The minimum atomic E-state index is -0.853. The molecule has 118 valence electrons. The van der Waals surface area contributed by atoms with Crippen LogP contribution >= 0.6 is 0 Å². The highest BCUT2D eigenvalue weighted by Gasteiger charge is 2.11. The minimum Gasteiger partial charge on any atom is -0.508 e. The fourth-order valence-electron chi connectivity index (χ4n) is 1.79. The summed E-state index contributed by atoms with van der Waals surface area (Å²) in [7, 11) is 0. The molecule has 2 aromatic carbocycles. The van der Waals surface area contributed by atoms with Crippen LogP contribution in [0.3, 0.4) is 0 Å². The van der Waals surface area contributed by atoms with Gasteiger partial charge in [-0.3, -0.25) is 9.59 Å². The number of nitrogens with one attached hydrogen (secondary N) is 2. The molecule has 6 heteroatoms. The van der Waals surface area contributed by atoms with Crippen LogP contribution in [-0.4, -0.2) is 23.1 Å². The lowest BCUT2D eigenvalue weighted by molar-refractivity contribution is -0.139. The fraction of sp³-hybridized carbons (Fsp3) is 0.118. The second-order valence-electron chi connectivity index (χ2n) is 4.96. The molecular weight excluding hydrogens is 294 g/mol. The molecule has 0 aliphatic rings. The van der Waals surface area contributed by atoms with Crippen LogP contribution in [0.25, 0.3) is 0 Å². The Morgan fingerprint density at radius 3 is 2.57 bits per heavy atom. The van der Waals surface area contributed by atoms with Crippen LogP contribution in [-0.2, 0) is 16.1 Å². The first-order valence-electron chi connectivity index (χ1n) is 7.00. The molecule has 0 aliphatic heterocycles. The van der Waals surface area contributed by atoms with E-state index in [1.54, 1.807) is 12.1 Å². The first kappa shape index (κ1) is 16.2. The standard InChI is InChI=1S/C17H17N3O3/c1-12-5-7-13(8-6-12)10-18-16(22)17(23)20-19-11-14-3-2-4-15(21)9-14/h2-9,11,21H,10H2,1H3,(H,18,22)(H,20,23)/b19-11-. The predicted octanol–water partition coefficient (Wildman–Crippen LogP) is 1.47. The number of hydrogen-bond donors (Lipinski definition) is 3. The summed E-state index contributed by atoms with van der Waals surface area (Å²) in [6, 6.07) is 14.0. The van der Waals surface area contributed by atoms with Crippen molar-refractivity contribution in [1.29, 1.82) is 0 Å². The number of rotatable bonds is 4. The van der Waals surface area contributed by atoms with E-state index >= 15 is 0 Å². The summed E-state index contributed by atoms with van der Waals surface area (Å²) < 4.78 is 0. The molecule has 0 atom stereocenters. The van der Waals surface area contributed by atoms with Crippen LogP contribution in [0.1, 0.15) is 16.7 Å². The van der Waals surface area contributed by atoms with Gasteiger partial charge >= 0.3 is 11.8 Å². The maximum Gasteiger partial charge on any atom is 0.329 e. The van der Waals surface area contributed by atoms with E-state index in [1.165, 1.54) is 18.3 Å². The molecule has 2 rings (SSSR count). The van der Waals surface area contributed by atoms with E-state index in [0.717, 1.165) is 11.1 Å². The van der Waals surface area contributed by atoms with Crippen molar-refractivity contribution in [3.8, 4) is 5.75 Å². The van der Waals surface area contributed by atoms with Crippen molar-refractivity contribution < 1.29 is 14.7 Å². The molecule has 6 nitrogen and oxygen atoms in total. The monoisotopic (exact) mass is 311 g/mol. The molecule has 0 saturated carbocycles. The molecule has 2 amide bonds. The number of aryl methyl sites for hydroxylation is 1. The minimum absolute atomic E-state index is 0.0936. The van der Waals surface area contributed by atoms with Gasteiger partial charge in [-0.2, -0.15) is 5.10 Å². The molecule has 0 saturated heterocycles. The van der Waals surface area contributed by atoms with E-state index in [0.29, 0.717) is 5.56 Å². The Morgan fingerprint density at radius 1 is 1.13 bits per heavy atom. The van der Waals surface area contributed by atoms with Crippen molar-refractivity contribution in [3.05, 3.63) is 65.2 Å². The zero-order valence-electron chi connectivity index (χ0n) is 12.6. The van der Waals surface area contributed by atoms with Crippen LogP contribution in [0.4, 0.5) is 0 Å². The lowest BCUT2D eigenvalue weighted by Crippen LogP contribution is -2.37. The van der Waals surface area contributed by atoms with E-state index in [9.17, 15) is 14.7 Å². The maximum absolute atomic E-state index is 11.6. The van der Waals surface area contributed by atoms with Gasteiger partial charge < -0.3 is 10.4 Å². The average molecular weight is 311 g/mol. The third kappa shape index (κ3) is 5.28. The molecule has 0 aromatic heterocycles. The smallest absolute Gasteiger partial charge is 0.329 e. The summed E-state index contributed by atoms with van der Waals surface area (Å²) in [5, 5.41) is 15.5. The summed E-state index contributed by atoms with van der Waals surface area (Å²) in [4.78, 5) is 23.2. The second-order valence-corrected chi connectivity index (χ2v) is 4.96. The summed E-state index contributed by atoms with van der Waals surface area (Å²) in [5.41, 5.74) is 4.76. The fourth-order valence-corrected chi connectivity index (χ4v) is 1.79. The van der Waals surface area contributed by atoms with E-state index in [-0.39, 0.29) is 12.3 Å². The van der Waals surface area contributed by atoms with Crippen LogP contribution in [0.15, 0.2) is 53.6 Å². The zero-order valence-corrected chi connectivity index (χ0v) is 12.6. The van der Waals surface area contributed by atoms with Crippen molar-refractivity contribution in [2.45, 2.75) is 13.5 Å². The first-order chi connectivity index (χ1) is 11.0. The molecule has 2 aromatic rings. The van der Waals surface area contributed by atoms with Crippen LogP contribution < -0.4 is 10.7 Å². The lowest BCUT2D eigenvalue weighted by atomic mass is 10.1. The number of phenols is 1. The van der Waals surface area contributed by atoms with Gasteiger partial charge in [0.15, 0.2) is 0 Å². The highest BCUT2D eigenvalue weighted by Crippen LogP contribution is 2.08. The number of hydrogen-bond acceptors (Lipinski definition) is 4. The number of hydrazone groups is 1. The third-order valence-corrected chi connectivity index (χ3v) is 3.03. The number of carbonyl (C=O) groups excluding carboxylic acids is 2. The molecule has 0 heterocycles. The van der Waals surface area contributed by atoms with Gasteiger partial charge in [-0.15, -0.1) is 0 Å². The van der Waals surface area contributed by atoms with Crippen molar-refractivity contribution in [2.24, 2.45) is 5.10 Å². The Kier molecular flexibility index (Phi) is 5.46. The van der Waals surface area contributed by atoms with Crippen LogP contribution in [0.5, 0.6) is 5.75 Å². The maximum atomic E-state index is 11.6. The SMILES string of the molecule is Cc1ccc(CNC(=O)C(=O)N/N=C\c2cccc(O)c2)cc1. The summed E-state index contributed by atoms with van der Waals surface area (Å²) in [6.07, 6.45) is 1.34. The number of nitrogens with zero attached hydrogens (tertiary/aromatic N) is 1. The quantitative estimate of drug-likeness (QED) is 0.453. The van der Waals surface area contributed by atoms with Gasteiger partial charge in [-0.05, 0) is 30.2 Å². The van der Waals surface area contributed by atoms with E-state index in [1.807, 2.05) is 31.2 Å². The van der Waals surface area contributed by atoms with Crippen molar-refractivity contribution in [3.63, 3.8) is 0 Å². The Balaban J connectivity index is 1.80. The molecule has 0 spiro atoms. The van der Waals surface area contributed by atoms with Gasteiger partial charge in [0.25, 0.3) is 0 Å². The van der Waals surface area contributed by atoms with Gasteiger partial charge in [0.05, 0.1) is 6.21 Å². The molecule has 0 aliphatic carbocycles. The Bertz CT molecular complexity index is 724. The van der Waals surface area contributed by atoms with Gasteiger partial charge in [0.1, 0.15) is 5.75 Å². The molecular formula is C17H17N3O3. The van der Waals surface area contributed by atoms with E-state index < -0.39 is 11.8 Å². The van der Waals surface area contributed by atoms with Gasteiger partial charge in [0, 0.05) is 6.54 Å². The second kappa shape index (κ2) is 7.74. The highest BCUT2D eigenvalue weighted by molar-refractivity contribution is 6.35. The Hall–Kier alpha value is -3.15. The molecule has 0 radical (unpaired) electrons. The number of carbonyl (C=O) groups is 2. The Morgan fingerprint density at radius 2 is 1.87 bits per heavy atom. The van der Waals surface area contributed by atoms with E-state index in [4.69, 9.17) is 0 Å². The summed E-state index contributed by atoms with van der Waals surface area (Å²) in [6.45, 7) is 2.24. The summed E-state index contributed by atoms with van der Waals surface area (Å²) >= 11 is 0. The van der Waals surface area contributed by atoms with Crippen LogP contribution in [0.2, 0.25) is 0 Å². The first-order valence-corrected chi connectivity index (χ1v) is 7.00. The van der Waals surface area contributed by atoms with Gasteiger partial charge in [-0.25, -0.2) is 5.43 Å². The molecule has 3 N–H and O–H groups in total. The highest BCUT2D eigenvalue weighted by atomic mass is 16.3. The van der Waals surface area contributed by atoms with E-state index in [2.05, 4.69) is 15.8 Å². The largest absolute Gasteiger partial charge is 0.508 e. The molecule has 0 fully saturated rings. The van der Waals surface area contributed by atoms with Crippen molar-refractivity contribution >= 4 is 18.0 Å². The van der Waals surface area contributed by atoms with Gasteiger partial charge in [-0.1, -0.05) is 42.0 Å². The van der Waals surface area contributed by atoms with Gasteiger partial charge in [0.2, 0.25) is 0 Å². The number of phenolic OH excluding ortho intramolecular Hbond substituents is 1.